The summed E-state index contributed by atoms with van der Waals surface area (Å²) in [6.07, 6.45) is -9.21. The fourth-order valence-corrected chi connectivity index (χ4v) is 8.19. The van der Waals surface area contributed by atoms with Gasteiger partial charge in [-0.3, -0.25) is 0 Å². The third kappa shape index (κ3) is 4.16. The van der Waals surface area contributed by atoms with Crippen molar-refractivity contribution in [3.63, 3.8) is 0 Å². The molecule has 6 rings (SSSR count). The summed E-state index contributed by atoms with van der Waals surface area (Å²) in [6.45, 7) is 0. The Bertz CT molecular complexity index is 1830. The molecule has 40 heavy (non-hydrogen) atoms. The molecule has 200 valence electrons. The van der Waals surface area contributed by atoms with Gasteiger partial charge in [0.25, 0.3) is 0 Å². The Morgan fingerprint density at radius 3 is 1.18 bits per heavy atom. The smallest absolute Gasteiger partial charge is 0.309 e. The van der Waals surface area contributed by atoms with Crippen LogP contribution in [-0.2, 0) is 16.9 Å². The summed E-state index contributed by atoms with van der Waals surface area (Å²) < 4.78 is 95.6. The Morgan fingerprint density at radius 2 is 0.775 bits per heavy atom. The minimum Gasteiger partial charge on any atom is -0.309 e. The third-order valence-corrected chi connectivity index (χ3v) is 10.3. The highest BCUT2D eigenvalue weighted by Gasteiger charge is 2.36. The highest BCUT2D eigenvalue weighted by atomic mass is 31.2. The molecule has 0 unspecified atom stereocenters. The molecular formula is C32H19F6OP. The molecule has 0 aromatic heterocycles. The zero-order chi connectivity index (χ0) is 28.3. The van der Waals surface area contributed by atoms with Crippen molar-refractivity contribution in [1.82, 2.24) is 0 Å². The Morgan fingerprint density at radius 1 is 0.425 bits per heavy atom. The Labute approximate surface area is 225 Å². The fraction of sp³-hybridized carbons (Fsp3) is 0.0625. The van der Waals surface area contributed by atoms with Crippen molar-refractivity contribution in [3.05, 3.63) is 126 Å². The number of benzene rings is 6. The number of hydrogen-bond acceptors (Lipinski definition) is 1. The summed E-state index contributed by atoms with van der Waals surface area (Å²) in [7, 11) is -3.98. The molecule has 0 aliphatic carbocycles. The second-order valence-electron chi connectivity index (χ2n) is 9.49. The molecule has 1 nitrogen and oxygen atoms in total. The second-order valence-corrected chi connectivity index (χ2v) is 12.2. The van der Waals surface area contributed by atoms with Gasteiger partial charge in [-0.1, -0.05) is 91.0 Å². The molecule has 0 N–H and O–H groups in total. The van der Waals surface area contributed by atoms with E-state index in [0.717, 1.165) is 75.5 Å². The first kappa shape index (κ1) is 26.1. The van der Waals surface area contributed by atoms with Crippen LogP contribution in [0.1, 0.15) is 11.1 Å². The quantitative estimate of drug-likeness (QED) is 0.119. The Balaban J connectivity index is 1.73. The molecule has 0 fully saturated rings. The van der Waals surface area contributed by atoms with Gasteiger partial charge in [-0.2, -0.15) is 26.3 Å². The SMILES string of the molecule is O=P(c1ccc(C(F)(F)F)cc1)(c1ccc(C(F)(F)F)cc1)c1cccc2c3ccccc3c3ccccc3c12. The number of alkyl halides is 6. The first-order valence-electron chi connectivity index (χ1n) is 12.3. The normalized spacial score (nSPS) is 12.8. The average molecular weight is 564 g/mol. The van der Waals surface area contributed by atoms with Crippen LogP contribution in [0.25, 0.3) is 32.3 Å². The van der Waals surface area contributed by atoms with E-state index in [2.05, 4.69) is 0 Å². The van der Waals surface area contributed by atoms with Gasteiger partial charge in [-0.05, 0) is 51.2 Å². The van der Waals surface area contributed by atoms with Crippen molar-refractivity contribution < 1.29 is 30.9 Å². The van der Waals surface area contributed by atoms with E-state index in [1.54, 1.807) is 12.1 Å². The Kier molecular flexibility index (Phi) is 6.04. The summed E-state index contributed by atoms with van der Waals surface area (Å²) in [6, 6.07) is 28.6. The summed E-state index contributed by atoms with van der Waals surface area (Å²) in [5, 5.41) is 5.48. The van der Waals surface area contributed by atoms with Gasteiger partial charge >= 0.3 is 12.4 Å². The van der Waals surface area contributed by atoms with E-state index in [1.807, 2.05) is 54.6 Å². The van der Waals surface area contributed by atoms with Crippen LogP contribution in [0.15, 0.2) is 115 Å². The minimum absolute atomic E-state index is 0.0880. The summed E-state index contributed by atoms with van der Waals surface area (Å²) >= 11 is 0. The molecule has 0 aliphatic heterocycles. The van der Waals surface area contributed by atoms with E-state index >= 15 is 4.57 Å². The topological polar surface area (TPSA) is 17.1 Å². The van der Waals surface area contributed by atoms with E-state index < -0.39 is 30.6 Å². The van der Waals surface area contributed by atoms with Gasteiger partial charge < -0.3 is 4.57 Å². The van der Waals surface area contributed by atoms with Crippen LogP contribution in [0.3, 0.4) is 0 Å². The van der Waals surface area contributed by atoms with Crippen LogP contribution in [-0.4, -0.2) is 0 Å². The maximum atomic E-state index is 15.4. The highest BCUT2D eigenvalue weighted by Crippen LogP contribution is 2.47. The van der Waals surface area contributed by atoms with Crippen LogP contribution >= 0.6 is 7.14 Å². The van der Waals surface area contributed by atoms with E-state index in [-0.39, 0.29) is 10.6 Å². The van der Waals surface area contributed by atoms with Crippen LogP contribution in [0.5, 0.6) is 0 Å². The fourth-order valence-electron chi connectivity index (χ4n) is 5.35. The molecule has 0 atom stereocenters. The molecule has 0 saturated carbocycles. The molecule has 0 amide bonds. The van der Waals surface area contributed by atoms with Gasteiger partial charge in [0.1, 0.15) is 0 Å². The molecule has 0 radical (unpaired) electrons. The van der Waals surface area contributed by atoms with Crippen LogP contribution < -0.4 is 15.9 Å². The molecule has 0 bridgehead atoms. The molecule has 6 aromatic rings. The van der Waals surface area contributed by atoms with E-state index in [0.29, 0.717) is 10.7 Å². The lowest BCUT2D eigenvalue weighted by molar-refractivity contribution is -0.138. The average Bonchev–Trinajstić information content (AvgIpc) is 2.96. The summed E-state index contributed by atoms with van der Waals surface area (Å²) in [4.78, 5) is 0. The molecular weight excluding hydrogens is 545 g/mol. The zero-order valence-electron chi connectivity index (χ0n) is 20.6. The lowest BCUT2D eigenvalue weighted by atomic mass is 9.94. The molecule has 0 saturated heterocycles. The number of hydrogen-bond donors (Lipinski definition) is 0. The van der Waals surface area contributed by atoms with Gasteiger partial charge in [0.2, 0.25) is 0 Å². The molecule has 0 heterocycles. The van der Waals surface area contributed by atoms with Crippen molar-refractivity contribution in [2.24, 2.45) is 0 Å². The molecule has 8 heteroatoms. The van der Waals surface area contributed by atoms with Crippen molar-refractivity contribution >= 4 is 55.4 Å². The first-order chi connectivity index (χ1) is 19.0. The number of halogens is 6. The molecule has 6 aromatic carbocycles. The minimum atomic E-state index is -4.61. The van der Waals surface area contributed by atoms with Crippen molar-refractivity contribution in [3.8, 4) is 0 Å². The van der Waals surface area contributed by atoms with Crippen LogP contribution in [0.2, 0.25) is 0 Å². The van der Waals surface area contributed by atoms with Gasteiger partial charge in [0, 0.05) is 21.3 Å². The molecule has 0 spiro atoms. The van der Waals surface area contributed by atoms with Crippen molar-refractivity contribution in [2.75, 3.05) is 0 Å². The second kappa shape index (κ2) is 9.24. The predicted molar refractivity (Wildman–Crippen MR) is 148 cm³/mol. The Hall–Kier alpha value is -4.09. The van der Waals surface area contributed by atoms with E-state index in [9.17, 15) is 26.3 Å². The van der Waals surface area contributed by atoms with Gasteiger partial charge in [0.05, 0.1) is 11.1 Å². The zero-order valence-corrected chi connectivity index (χ0v) is 21.5. The third-order valence-electron chi connectivity index (χ3n) is 7.20. The van der Waals surface area contributed by atoms with Crippen LogP contribution in [0, 0.1) is 0 Å². The lowest BCUT2D eigenvalue weighted by Crippen LogP contribution is -2.26. The largest absolute Gasteiger partial charge is 0.416 e. The highest BCUT2D eigenvalue weighted by molar-refractivity contribution is 7.85. The first-order valence-corrected chi connectivity index (χ1v) is 14.0. The van der Waals surface area contributed by atoms with Gasteiger partial charge in [0.15, 0.2) is 7.14 Å². The molecule has 0 aliphatic rings. The van der Waals surface area contributed by atoms with E-state index in [4.69, 9.17) is 0 Å². The predicted octanol–water partition coefficient (Wildman–Crippen LogP) is 8.82. The standard InChI is InChI=1S/C32H19F6OP/c33-31(34,35)20-12-16-22(17-13-20)40(39,23-18-14-21(15-19-23)32(36,37)38)29-11-5-10-28-26-7-2-1-6-24(26)25-8-3-4-9-27(25)30(28)29/h1-19H. The van der Waals surface area contributed by atoms with Crippen molar-refractivity contribution in [1.29, 1.82) is 0 Å². The number of rotatable bonds is 3. The van der Waals surface area contributed by atoms with Crippen molar-refractivity contribution in [2.45, 2.75) is 12.4 Å². The summed E-state index contributed by atoms with van der Waals surface area (Å²) in [5.74, 6) is 0. The maximum Gasteiger partial charge on any atom is 0.416 e. The van der Waals surface area contributed by atoms with Gasteiger partial charge in [-0.25, -0.2) is 0 Å². The van der Waals surface area contributed by atoms with Gasteiger partial charge in [-0.15, -0.1) is 0 Å². The summed E-state index contributed by atoms with van der Waals surface area (Å²) in [5.41, 5.74) is -1.82. The maximum absolute atomic E-state index is 15.4. The number of fused-ring (bicyclic) bond motifs is 6. The lowest BCUT2D eigenvalue weighted by Gasteiger charge is -2.24. The van der Waals surface area contributed by atoms with Crippen LogP contribution in [0.4, 0.5) is 26.3 Å². The monoisotopic (exact) mass is 564 g/mol. The van der Waals surface area contributed by atoms with E-state index in [1.165, 1.54) is 0 Å².